The van der Waals surface area contributed by atoms with E-state index in [0.717, 1.165) is 19.0 Å². The summed E-state index contributed by atoms with van der Waals surface area (Å²) in [6.07, 6.45) is -52.8. The number of carbonyl (C=O) groups excluding carboxylic acids is 3. The Labute approximate surface area is 617 Å². The average Bonchev–Trinajstić information content (AvgIpc) is 0.673. The fourth-order valence-corrected chi connectivity index (χ4v) is 20.2. The molecule has 107 heavy (non-hydrogen) atoms. The Balaban J connectivity index is 0.808. The molecular weight excluding hydrogens is 1430 g/mol. The molecule has 11 fully saturated rings. The van der Waals surface area contributed by atoms with Gasteiger partial charge in [0.15, 0.2) is 49.9 Å². The van der Waals surface area contributed by atoms with Crippen LogP contribution in [-0.2, 0) is 85.4 Å². The maximum atomic E-state index is 15.9. The van der Waals surface area contributed by atoms with E-state index in [4.69, 9.17) is 71.1 Å². The number of ether oxygens (including phenoxy) is 15. The summed E-state index contributed by atoms with van der Waals surface area (Å²) in [7, 11) is 1.02. The third-order valence-corrected chi connectivity index (χ3v) is 27.0. The highest BCUT2D eigenvalue weighted by Gasteiger charge is 2.72. The van der Waals surface area contributed by atoms with Gasteiger partial charge in [-0.15, -0.1) is 0 Å². The quantitative estimate of drug-likeness (QED) is 0.0263. The fourth-order valence-electron chi connectivity index (χ4n) is 20.2. The predicted molar refractivity (Wildman–Crippen MR) is 351 cm³/mol. The van der Waals surface area contributed by atoms with E-state index in [9.17, 15) is 102 Å². The molecule has 12 rings (SSSR count). The van der Waals surface area contributed by atoms with Crippen molar-refractivity contribution in [1.82, 2.24) is 0 Å². The first-order valence-corrected chi connectivity index (χ1v) is 37.3. The molecule has 0 aromatic heterocycles. The fraction of sp³-hybridized carbons (Fsp3) is 0.930. The maximum absolute atomic E-state index is 15.9. The zero-order chi connectivity index (χ0) is 78.0. The molecule has 0 spiro atoms. The van der Waals surface area contributed by atoms with Crippen LogP contribution in [0.15, 0.2) is 11.6 Å². The Morgan fingerprint density at radius 2 is 1.00 bits per heavy atom. The van der Waals surface area contributed by atoms with E-state index in [1.807, 2.05) is 0 Å². The van der Waals surface area contributed by atoms with Gasteiger partial charge >= 0.3 is 11.9 Å². The molecule has 0 amide bonds. The highest BCUT2D eigenvalue weighted by atomic mass is 16.8. The highest BCUT2D eigenvalue weighted by Crippen LogP contribution is 2.76. The Morgan fingerprint density at radius 3 is 1.57 bits per heavy atom. The number of esters is 2. The number of aliphatic hydroxyl groups excluding tert-OH is 18. The van der Waals surface area contributed by atoms with Crippen LogP contribution in [0.3, 0.4) is 0 Å². The van der Waals surface area contributed by atoms with Gasteiger partial charge in [0.25, 0.3) is 0 Å². The van der Waals surface area contributed by atoms with Crippen LogP contribution in [0.1, 0.15) is 120 Å². The molecule has 18 N–H and O–H groups in total. The molecule has 36 heteroatoms. The van der Waals surface area contributed by atoms with Crippen LogP contribution in [0, 0.1) is 50.2 Å². The molecule has 42 atom stereocenters. The number of hydrogen-bond donors (Lipinski definition) is 18. The molecule has 0 aromatic rings. The summed E-state index contributed by atoms with van der Waals surface area (Å²) >= 11 is 0. The zero-order valence-electron chi connectivity index (χ0n) is 61.3. The first kappa shape index (κ1) is 83.5. The van der Waals surface area contributed by atoms with Gasteiger partial charge in [0, 0.05) is 0 Å². The van der Waals surface area contributed by atoms with E-state index in [-0.39, 0.29) is 17.8 Å². The van der Waals surface area contributed by atoms with E-state index >= 15 is 4.79 Å². The Kier molecular flexibility index (Phi) is 24.8. The number of methoxy groups -OCH3 is 1. The van der Waals surface area contributed by atoms with Gasteiger partial charge in [0.05, 0.1) is 62.7 Å². The topological polar surface area (TPSA) is 554 Å². The average molecular weight is 1540 g/mol. The minimum atomic E-state index is -2.09. The van der Waals surface area contributed by atoms with Crippen LogP contribution in [-0.4, -0.2) is 353 Å². The van der Waals surface area contributed by atoms with Gasteiger partial charge in [-0.05, 0) is 117 Å². The van der Waals surface area contributed by atoms with Crippen molar-refractivity contribution in [3.8, 4) is 0 Å². The molecule has 0 radical (unpaired) electrons. The second kappa shape index (κ2) is 31.7. The first-order valence-electron chi connectivity index (χ1n) is 37.3. The largest absolute Gasteiger partial charge is 0.467 e. The van der Waals surface area contributed by atoms with Crippen LogP contribution in [0.25, 0.3) is 0 Å². The smallest absolute Gasteiger partial charge is 0.337 e. The number of carbonyl (C=O) groups is 3. The lowest BCUT2D eigenvalue weighted by Gasteiger charge is -2.71. The van der Waals surface area contributed by atoms with E-state index in [0.29, 0.717) is 57.8 Å². The van der Waals surface area contributed by atoms with Crippen molar-refractivity contribution >= 4 is 18.2 Å². The van der Waals surface area contributed by atoms with Crippen LogP contribution in [0.4, 0.5) is 0 Å². The lowest BCUT2D eigenvalue weighted by molar-refractivity contribution is -0.394. The van der Waals surface area contributed by atoms with Crippen molar-refractivity contribution in [2.45, 2.75) is 328 Å². The number of rotatable bonds is 18. The second-order valence-electron chi connectivity index (χ2n) is 33.7. The molecule has 0 unspecified atom stereocenters. The monoisotopic (exact) mass is 1540 g/mol. The van der Waals surface area contributed by atoms with Crippen LogP contribution in [0.2, 0.25) is 0 Å². The van der Waals surface area contributed by atoms with Gasteiger partial charge in [0.2, 0.25) is 6.29 Å². The number of aliphatic hydroxyl groups is 18. The van der Waals surface area contributed by atoms with Crippen molar-refractivity contribution in [1.29, 1.82) is 0 Å². The second-order valence-corrected chi connectivity index (χ2v) is 33.7. The van der Waals surface area contributed by atoms with Crippen molar-refractivity contribution in [2.75, 3.05) is 33.5 Å². The molecule has 0 bridgehead atoms. The summed E-state index contributed by atoms with van der Waals surface area (Å²) in [4.78, 5) is 43.8. The number of aldehydes is 1. The molecule has 5 aliphatic carbocycles. The van der Waals surface area contributed by atoms with Crippen molar-refractivity contribution < 1.29 is 177 Å². The molecule has 36 nitrogen and oxygen atoms in total. The summed E-state index contributed by atoms with van der Waals surface area (Å²) in [5.74, 6) is -2.79. The van der Waals surface area contributed by atoms with Gasteiger partial charge in [-0.2, -0.15) is 0 Å². The number of hydrogen-bond acceptors (Lipinski definition) is 36. The van der Waals surface area contributed by atoms with Crippen LogP contribution >= 0.6 is 0 Å². The van der Waals surface area contributed by atoms with Crippen molar-refractivity contribution in [2.24, 2.45) is 50.2 Å². The molecule has 0 aromatic carbocycles. The molecule has 7 aliphatic heterocycles. The van der Waals surface area contributed by atoms with Gasteiger partial charge < -0.3 is 168 Å². The van der Waals surface area contributed by atoms with Gasteiger partial charge in [-0.3, -0.25) is 4.79 Å². The molecule has 4 saturated carbocycles. The Morgan fingerprint density at radius 1 is 0.486 bits per heavy atom. The standard InChI is InChI=1S/C71H112O36/c1-26-37(77)44(84)55(105-62-50(90)53(103-60-47(87)42(82)40(80)32(21-72)98-60)51(27(2)97-62)101-58-45(85)38(78)30(75)23-94-58)63(96-26)107-65(92)71-18-16-66(3,4)20-29(71)28-10-11-35-67(5)14-13-36(68(6,25-74)34(67)12-15-70(35,8)69(28,7)17-19-71)100-64-56(106-61-48(88)43(83)41(81)33(22-73)99-61)52(49(89)54(104-64)57(91)93-9)102-59-46(86)39(79)31(76)24-95-59/h10,25-27,29-56,58-64,72-73,75-90H,11-24H2,1-9H3/t26-,27+,29+,30-,31-,32+,33-,34-,35-,36+,37+,38+,39+,40+,41+,42-,43+,44+,45-,46-,47+,48-,49+,50-,51+,52+,53+,54+,55-,56-,58+,59+,60-,61+,62+,63+,64-,67+,68+,69-,70-,71+/m1/s1. The predicted octanol–water partition coefficient (Wildman–Crippen LogP) is -5.87. The molecule has 12 aliphatic rings. The number of fused-ring (bicyclic) bond motifs is 7. The van der Waals surface area contributed by atoms with E-state index in [2.05, 4.69) is 40.7 Å². The zero-order valence-corrected chi connectivity index (χ0v) is 61.3. The maximum Gasteiger partial charge on any atom is 0.337 e. The molecule has 612 valence electrons. The van der Waals surface area contributed by atoms with Gasteiger partial charge in [-0.1, -0.05) is 53.2 Å². The van der Waals surface area contributed by atoms with Crippen molar-refractivity contribution in [3.63, 3.8) is 0 Å². The van der Waals surface area contributed by atoms with Gasteiger partial charge in [0.1, 0.15) is 141 Å². The SMILES string of the molecule is COC(=O)[C@H]1O[C@@H](O[C@H]2CC[C@]3(C)[C@H]4CC=C5[C@@H]6CC(C)(C)CC[C@]6(C(=O)O[C@@H]6O[C@H](C)[C@H](O)[C@H](O)[C@H]6O[C@@H]6O[C@@H](C)[C@H](O[C@@H]7OC[C@@H](O)[C@H](O)[C@H]7O)[C@@H](O[C@H]7O[C@@H](CO)[C@H](O)[C@@H](O)[C@@H]7O)[C@H]6O)CC[C@@]5(C)[C@]4(C)CC[C@H]3[C@]2(C)C=O)[C@H](O[C@@H]2O[C@H](CO)[C@H](O)[C@H](O)[C@H]2O)[C@@H](O[C@@H]2OC[C@@H](O)[C@H](O)[C@H]2O)[C@@H]1O. The summed E-state index contributed by atoms with van der Waals surface area (Å²) in [5, 5.41) is 197. The highest BCUT2D eigenvalue weighted by molar-refractivity contribution is 5.79. The first-order chi connectivity index (χ1) is 50.3. The van der Waals surface area contributed by atoms with E-state index < -0.39 is 286 Å². The third-order valence-electron chi connectivity index (χ3n) is 27.0. The molecular formula is C71H112O36. The Bertz CT molecular complexity index is 3110. The molecule has 7 heterocycles. The lowest BCUT2D eigenvalue weighted by Crippen LogP contribution is -2.69. The molecule has 7 saturated heterocycles. The van der Waals surface area contributed by atoms with Gasteiger partial charge in [-0.25, -0.2) is 4.79 Å². The lowest BCUT2D eigenvalue weighted by atomic mass is 9.33. The normalized spacial score (nSPS) is 54.2. The van der Waals surface area contributed by atoms with E-state index in [1.54, 1.807) is 6.92 Å². The van der Waals surface area contributed by atoms with E-state index in [1.165, 1.54) is 13.8 Å². The van der Waals surface area contributed by atoms with Crippen LogP contribution in [0.5, 0.6) is 0 Å². The minimum absolute atomic E-state index is 0.111. The minimum Gasteiger partial charge on any atom is -0.467 e. The summed E-state index contributed by atoms with van der Waals surface area (Å²) in [5.41, 5.74) is -3.53. The summed E-state index contributed by atoms with van der Waals surface area (Å²) < 4.78 is 90.6. The number of allylic oxidation sites excluding steroid dienone is 2. The third kappa shape index (κ3) is 14.6. The van der Waals surface area contributed by atoms with Crippen molar-refractivity contribution in [3.05, 3.63) is 11.6 Å². The van der Waals surface area contributed by atoms with Crippen LogP contribution < -0.4 is 0 Å². The Hall–Kier alpha value is -2.89. The summed E-state index contributed by atoms with van der Waals surface area (Å²) in [6.45, 7) is 12.8. The summed E-state index contributed by atoms with van der Waals surface area (Å²) in [6, 6.07) is 0.